The molecule has 0 saturated heterocycles. The fraction of sp³-hybridized carbons (Fsp3) is 0.200. The number of carbonyl (C=O) groups excluding carboxylic acids is 1. The highest BCUT2D eigenvalue weighted by Crippen LogP contribution is 2.17. The summed E-state index contributed by atoms with van der Waals surface area (Å²) < 4.78 is 11.7. The van der Waals surface area contributed by atoms with Crippen LogP contribution in [0, 0.1) is 0 Å². The monoisotopic (exact) mass is 365 g/mol. The van der Waals surface area contributed by atoms with E-state index < -0.39 is 0 Å². The summed E-state index contributed by atoms with van der Waals surface area (Å²) in [7, 11) is 3.75. The lowest BCUT2D eigenvalue weighted by atomic mass is 10.3. The van der Waals surface area contributed by atoms with Crippen molar-refractivity contribution in [3.05, 3.63) is 46.6 Å². The number of hydrogen-bond acceptors (Lipinski definition) is 5. The molecule has 0 fully saturated rings. The minimum absolute atomic E-state index is 0.116. The van der Waals surface area contributed by atoms with Gasteiger partial charge < -0.3 is 14.1 Å². The topological polar surface area (TPSA) is 67.1 Å². The van der Waals surface area contributed by atoms with Crippen molar-refractivity contribution < 1.29 is 13.9 Å². The maximum atomic E-state index is 11.6. The molecular formula is C15H16BrN3O3. The van der Waals surface area contributed by atoms with Crippen LogP contribution in [0.2, 0.25) is 0 Å². The standard InChI is InChI=1S/C15H16BrN3O3/c1-19(2)15-7-6-13(22-15)9-17-18-14(20)10-21-12-5-3-4-11(16)8-12/h3-9H,10H2,1-2H3,(H,18,20)/b17-9+. The molecule has 0 aliphatic heterocycles. The van der Waals surface area contributed by atoms with Gasteiger partial charge in [-0.25, -0.2) is 5.43 Å². The van der Waals surface area contributed by atoms with Gasteiger partial charge in [0.2, 0.25) is 0 Å². The molecule has 0 saturated carbocycles. The van der Waals surface area contributed by atoms with Crippen LogP contribution in [0.1, 0.15) is 5.76 Å². The van der Waals surface area contributed by atoms with E-state index in [4.69, 9.17) is 9.15 Å². The van der Waals surface area contributed by atoms with Gasteiger partial charge in [-0.05, 0) is 24.3 Å². The van der Waals surface area contributed by atoms with Gasteiger partial charge in [0.05, 0.1) is 6.21 Å². The lowest BCUT2D eigenvalue weighted by Gasteiger charge is -2.06. The highest BCUT2D eigenvalue weighted by Gasteiger charge is 2.03. The van der Waals surface area contributed by atoms with Gasteiger partial charge in [-0.2, -0.15) is 5.10 Å². The molecule has 0 aliphatic carbocycles. The van der Waals surface area contributed by atoms with E-state index in [1.807, 2.05) is 37.2 Å². The quantitative estimate of drug-likeness (QED) is 0.631. The molecule has 1 N–H and O–H groups in total. The molecule has 0 aliphatic rings. The molecule has 116 valence electrons. The van der Waals surface area contributed by atoms with Crippen LogP contribution < -0.4 is 15.1 Å². The molecular weight excluding hydrogens is 350 g/mol. The Kier molecular flexibility index (Phi) is 5.60. The molecule has 2 aromatic rings. The fourth-order valence-corrected chi connectivity index (χ4v) is 1.94. The summed E-state index contributed by atoms with van der Waals surface area (Å²) in [4.78, 5) is 13.4. The van der Waals surface area contributed by atoms with Crippen LogP contribution in [0.25, 0.3) is 0 Å². The maximum absolute atomic E-state index is 11.6. The van der Waals surface area contributed by atoms with Gasteiger partial charge >= 0.3 is 0 Å². The second-order valence-electron chi connectivity index (χ2n) is 4.61. The Morgan fingerprint density at radius 2 is 2.23 bits per heavy atom. The molecule has 0 bridgehead atoms. The van der Waals surface area contributed by atoms with E-state index >= 15 is 0 Å². The Hall–Kier alpha value is -2.28. The number of amides is 1. The number of benzene rings is 1. The van der Waals surface area contributed by atoms with Crippen LogP contribution in [0.15, 0.2) is 50.4 Å². The van der Waals surface area contributed by atoms with Crippen LogP contribution in [0.5, 0.6) is 5.75 Å². The average Bonchev–Trinajstić information content (AvgIpc) is 2.94. The first-order chi connectivity index (χ1) is 10.5. The van der Waals surface area contributed by atoms with Crippen LogP contribution >= 0.6 is 15.9 Å². The van der Waals surface area contributed by atoms with Crippen LogP contribution in [0.4, 0.5) is 5.88 Å². The van der Waals surface area contributed by atoms with Crippen molar-refractivity contribution in [1.82, 2.24) is 5.43 Å². The van der Waals surface area contributed by atoms with Crippen molar-refractivity contribution in [3.63, 3.8) is 0 Å². The highest BCUT2D eigenvalue weighted by molar-refractivity contribution is 9.10. The zero-order valence-corrected chi connectivity index (χ0v) is 13.8. The number of hydrogen-bond donors (Lipinski definition) is 1. The van der Waals surface area contributed by atoms with Gasteiger partial charge in [-0.1, -0.05) is 22.0 Å². The van der Waals surface area contributed by atoms with Crippen molar-refractivity contribution in [2.75, 3.05) is 25.6 Å². The minimum Gasteiger partial charge on any atom is -0.484 e. The molecule has 1 aromatic carbocycles. The van der Waals surface area contributed by atoms with E-state index in [0.717, 1.165) is 4.47 Å². The third-order valence-corrected chi connectivity index (χ3v) is 3.09. The number of halogens is 1. The zero-order valence-electron chi connectivity index (χ0n) is 12.2. The van der Waals surface area contributed by atoms with Crippen molar-refractivity contribution >= 4 is 33.9 Å². The predicted molar refractivity (Wildman–Crippen MR) is 88.4 cm³/mol. The Bertz CT molecular complexity index is 668. The molecule has 22 heavy (non-hydrogen) atoms. The molecule has 1 amide bonds. The fourth-order valence-electron chi connectivity index (χ4n) is 1.56. The van der Waals surface area contributed by atoms with Crippen molar-refractivity contribution in [3.8, 4) is 5.75 Å². The Balaban J connectivity index is 1.78. The zero-order chi connectivity index (χ0) is 15.9. The van der Waals surface area contributed by atoms with Crippen molar-refractivity contribution in [2.45, 2.75) is 0 Å². The Morgan fingerprint density at radius 3 is 2.91 bits per heavy atom. The Morgan fingerprint density at radius 1 is 1.41 bits per heavy atom. The molecule has 7 heteroatoms. The number of nitrogens with one attached hydrogen (secondary N) is 1. The van der Waals surface area contributed by atoms with Gasteiger partial charge in [0.25, 0.3) is 5.91 Å². The number of ether oxygens (including phenoxy) is 1. The summed E-state index contributed by atoms with van der Waals surface area (Å²) in [6.45, 7) is -0.116. The molecule has 2 rings (SSSR count). The van der Waals surface area contributed by atoms with E-state index in [1.54, 1.807) is 18.2 Å². The Labute approximate surface area is 136 Å². The van der Waals surface area contributed by atoms with Crippen LogP contribution in [-0.2, 0) is 4.79 Å². The number of rotatable bonds is 6. The molecule has 0 unspecified atom stereocenters. The van der Waals surface area contributed by atoms with Crippen LogP contribution in [-0.4, -0.2) is 32.8 Å². The summed E-state index contributed by atoms with van der Waals surface area (Å²) in [5.74, 6) is 1.52. The summed E-state index contributed by atoms with van der Waals surface area (Å²) in [6, 6.07) is 10.8. The summed E-state index contributed by atoms with van der Waals surface area (Å²) in [5.41, 5.74) is 2.37. The predicted octanol–water partition coefficient (Wildman–Crippen LogP) is 2.64. The van der Waals surface area contributed by atoms with Crippen LogP contribution in [0.3, 0.4) is 0 Å². The van der Waals surface area contributed by atoms with Gasteiger partial charge in [-0.3, -0.25) is 4.79 Å². The average molecular weight is 366 g/mol. The lowest BCUT2D eigenvalue weighted by Crippen LogP contribution is -2.24. The molecule has 1 aromatic heterocycles. The van der Waals surface area contributed by atoms with Gasteiger partial charge in [0.1, 0.15) is 11.5 Å². The number of carbonyl (C=O) groups is 1. The first-order valence-corrected chi connectivity index (χ1v) is 7.31. The SMILES string of the molecule is CN(C)c1ccc(/C=N/NC(=O)COc2cccc(Br)c2)o1. The minimum atomic E-state index is -0.351. The number of hydrazone groups is 1. The van der Waals surface area contributed by atoms with E-state index in [0.29, 0.717) is 17.4 Å². The molecule has 0 spiro atoms. The first kappa shape index (κ1) is 16.1. The molecule has 0 radical (unpaired) electrons. The van der Waals surface area contributed by atoms with E-state index in [1.165, 1.54) is 6.21 Å². The van der Waals surface area contributed by atoms with E-state index in [-0.39, 0.29) is 12.5 Å². The maximum Gasteiger partial charge on any atom is 0.277 e. The summed E-state index contributed by atoms with van der Waals surface area (Å²) in [5, 5.41) is 3.82. The van der Waals surface area contributed by atoms with Crippen molar-refractivity contribution in [1.29, 1.82) is 0 Å². The first-order valence-electron chi connectivity index (χ1n) is 6.52. The lowest BCUT2D eigenvalue weighted by molar-refractivity contribution is -0.123. The summed E-state index contributed by atoms with van der Waals surface area (Å²) in [6.07, 6.45) is 1.43. The molecule has 0 atom stereocenters. The van der Waals surface area contributed by atoms with Gasteiger partial charge in [-0.15, -0.1) is 0 Å². The highest BCUT2D eigenvalue weighted by atomic mass is 79.9. The third-order valence-electron chi connectivity index (χ3n) is 2.60. The smallest absolute Gasteiger partial charge is 0.277 e. The number of furan rings is 1. The molecule has 6 nitrogen and oxygen atoms in total. The normalized spacial score (nSPS) is 10.7. The summed E-state index contributed by atoms with van der Waals surface area (Å²) >= 11 is 3.33. The van der Waals surface area contributed by atoms with Gasteiger partial charge in [0, 0.05) is 24.6 Å². The van der Waals surface area contributed by atoms with Crippen molar-refractivity contribution in [2.24, 2.45) is 5.10 Å². The largest absolute Gasteiger partial charge is 0.484 e. The van der Waals surface area contributed by atoms with E-state index in [9.17, 15) is 4.79 Å². The number of anilines is 1. The second kappa shape index (κ2) is 7.65. The number of nitrogens with zero attached hydrogens (tertiary/aromatic N) is 2. The van der Waals surface area contributed by atoms with Gasteiger partial charge in [0.15, 0.2) is 12.5 Å². The second-order valence-corrected chi connectivity index (χ2v) is 5.53. The molecule has 1 heterocycles. The van der Waals surface area contributed by atoms with E-state index in [2.05, 4.69) is 26.5 Å². The third kappa shape index (κ3) is 4.92.